The van der Waals surface area contributed by atoms with Gasteiger partial charge in [-0.3, -0.25) is 14.7 Å². The van der Waals surface area contributed by atoms with Crippen molar-refractivity contribution >= 4 is 17.3 Å². The van der Waals surface area contributed by atoms with Crippen molar-refractivity contribution in [2.24, 2.45) is 0 Å². The lowest BCUT2D eigenvalue weighted by Gasteiger charge is -2.20. The fourth-order valence-corrected chi connectivity index (χ4v) is 3.31. The highest BCUT2D eigenvalue weighted by Gasteiger charge is 2.44. The Hall–Kier alpha value is -2.95. The molecule has 0 bridgehead atoms. The molecule has 1 aromatic carbocycles. The van der Waals surface area contributed by atoms with E-state index >= 15 is 0 Å². The summed E-state index contributed by atoms with van der Waals surface area (Å²) in [5.74, 6) is 0.0621. The molecule has 0 radical (unpaired) electrons. The van der Waals surface area contributed by atoms with E-state index in [0.29, 0.717) is 0 Å². The van der Waals surface area contributed by atoms with Gasteiger partial charge in [-0.1, -0.05) is 6.07 Å². The van der Waals surface area contributed by atoms with Crippen LogP contribution in [0.25, 0.3) is 5.69 Å². The van der Waals surface area contributed by atoms with Gasteiger partial charge in [0.05, 0.1) is 35.0 Å². The van der Waals surface area contributed by atoms with E-state index in [-0.39, 0.29) is 5.91 Å². The second-order valence-corrected chi connectivity index (χ2v) is 7.05. The first kappa shape index (κ1) is 15.6. The molecule has 1 aliphatic rings. The highest BCUT2D eigenvalue weighted by atomic mass is 16.2. The second-order valence-electron chi connectivity index (χ2n) is 7.05. The zero-order valence-electron chi connectivity index (χ0n) is 14.8. The lowest BCUT2D eigenvalue weighted by Crippen LogP contribution is -2.33. The number of nitrogens with zero attached hydrogens (tertiary/aromatic N) is 4. The summed E-state index contributed by atoms with van der Waals surface area (Å²) in [6.45, 7) is 7.83. The first-order valence-electron chi connectivity index (χ1n) is 8.30. The molecule has 2 aromatic heterocycles. The van der Waals surface area contributed by atoms with E-state index < -0.39 is 5.41 Å². The molecular weight excluding hydrogens is 312 g/mol. The highest BCUT2D eigenvalue weighted by Crippen LogP contribution is 2.45. The van der Waals surface area contributed by atoms with Crippen molar-refractivity contribution in [3.63, 3.8) is 0 Å². The zero-order chi connectivity index (χ0) is 17.8. The van der Waals surface area contributed by atoms with Crippen LogP contribution < -0.4 is 4.90 Å². The molecule has 126 valence electrons. The number of pyridine rings is 1. The number of benzene rings is 1. The Labute approximate surface area is 147 Å². The van der Waals surface area contributed by atoms with Gasteiger partial charge in [-0.2, -0.15) is 0 Å². The fourth-order valence-electron chi connectivity index (χ4n) is 3.31. The van der Waals surface area contributed by atoms with Crippen LogP contribution in [0, 0.1) is 13.8 Å². The summed E-state index contributed by atoms with van der Waals surface area (Å²) in [4.78, 5) is 23.5. The third kappa shape index (κ3) is 2.35. The van der Waals surface area contributed by atoms with E-state index in [1.165, 1.54) is 0 Å². The molecule has 0 unspecified atom stereocenters. The molecule has 5 nitrogen and oxygen atoms in total. The minimum Gasteiger partial charge on any atom is -0.306 e. The third-order valence-corrected chi connectivity index (χ3v) is 4.80. The number of rotatable bonds is 2. The number of aryl methyl sites for hydroxylation is 2. The number of carbonyl (C=O) groups excluding carboxylic acids is 1. The van der Waals surface area contributed by atoms with E-state index in [0.717, 1.165) is 34.0 Å². The van der Waals surface area contributed by atoms with Gasteiger partial charge in [0.15, 0.2) is 0 Å². The summed E-state index contributed by atoms with van der Waals surface area (Å²) in [6, 6.07) is 9.99. The molecule has 5 heteroatoms. The Morgan fingerprint density at radius 3 is 2.36 bits per heavy atom. The average Bonchev–Trinajstić information content (AvgIpc) is 3.10. The van der Waals surface area contributed by atoms with Crippen LogP contribution in [-0.2, 0) is 10.2 Å². The van der Waals surface area contributed by atoms with Crippen LogP contribution in [-0.4, -0.2) is 20.4 Å². The molecule has 0 saturated heterocycles. The Kier molecular flexibility index (Phi) is 3.29. The Bertz CT molecular complexity index is 970. The predicted molar refractivity (Wildman–Crippen MR) is 97.4 cm³/mol. The lowest BCUT2D eigenvalue weighted by atomic mass is 9.86. The van der Waals surface area contributed by atoms with Crippen molar-refractivity contribution in [3.8, 4) is 5.69 Å². The van der Waals surface area contributed by atoms with E-state index in [4.69, 9.17) is 0 Å². The van der Waals surface area contributed by atoms with E-state index in [9.17, 15) is 4.79 Å². The Morgan fingerprint density at radius 1 is 0.960 bits per heavy atom. The van der Waals surface area contributed by atoms with Crippen LogP contribution in [0.4, 0.5) is 11.4 Å². The largest absolute Gasteiger partial charge is 0.306 e. The van der Waals surface area contributed by atoms with E-state index in [1.54, 1.807) is 17.4 Å². The van der Waals surface area contributed by atoms with Gasteiger partial charge in [0.25, 0.3) is 0 Å². The number of anilines is 2. The fraction of sp³-hybridized carbons (Fsp3) is 0.250. The van der Waals surface area contributed by atoms with E-state index in [2.05, 4.69) is 9.97 Å². The molecule has 0 fully saturated rings. The van der Waals surface area contributed by atoms with E-state index in [1.807, 2.05) is 68.8 Å². The first-order chi connectivity index (χ1) is 11.9. The highest BCUT2D eigenvalue weighted by molar-refractivity contribution is 6.12. The topological polar surface area (TPSA) is 51.0 Å². The van der Waals surface area contributed by atoms with Gasteiger partial charge in [-0.25, -0.2) is 4.98 Å². The molecule has 0 aliphatic carbocycles. The molecule has 0 saturated carbocycles. The number of hydrogen-bond acceptors (Lipinski definition) is 3. The summed E-state index contributed by atoms with van der Waals surface area (Å²) in [5, 5.41) is 0. The van der Waals surface area contributed by atoms with Crippen LogP contribution in [0.5, 0.6) is 0 Å². The SMILES string of the molecule is Cc1ccc(N2C(=O)C(C)(C)c3ccc(-n4cnc(C)c4)cc32)cn1. The van der Waals surface area contributed by atoms with Gasteiger partial charge in [-0.15, -0.1) is 0 Å². The summed E-state index contributed by atoms with van der Waals surface area (Å²) >= 11 is 0. The van der Waals surface area contributed by atoms with Crippen LogP contribution in [0.1, 0.15) is 30.8 Å². The van der Waals surface area contributed by atoms with Crippen molar-refractivity contribution < 1.29 is 4.79 Å². The molecule has 4 rings (SSSR count). The summed E-state index contributed by atoms with van der Waals surface area (Å²) in [6.07, 6.45) is 5.52. The maximum absolute atomic E-state index is 13.1. The molecule has 0 atom stereocenters. The van der Waals surface area contributed by atoms with Crippen LogP contribution >= 0.6 is 0 Å². The van der Waals surface area contributed by atoms with Gasteiger partial charge in [0.2, 0.25) is 5.91 Å². The maximum atomic E-state index is 13.1. The standard InChI is InChI=1S/C20H20N4O/c1-13-5-6-16(10-21-13)24-18-9-15(23-11-14(2)22-12-23)7-8-17(18)20(3,4)19(24)25/h5-12H,1-4H3. The second kappa shape index (κ2) is 5.28. The zero-order valence-corrected chi connectivity index (χ0v) is 14.8. The van der Waals surface area contributed by atoms with Gasteiger partial charge in [0.1, 0.15) is 0 Å². The maximum Gasteiger partial charge on any atom is 0.241 e. The van der Waals surface area contributed by atoms with Gasteiger partial charge in [0, 0.05) is 17.6 Å². The Morgan fingerprint density at radius 2 is 1.72 bits per heavy atom. The first-order valence-corrected chi connectivity index (χ1v) is 8.30. The minimum absolute atomic E-state index is 0.0621. The normalized spacial score (nSPS) is 15.5. The monoisotopic (exact) mass is 332 g/mol. The van der Waals surface area contributed by atoms with Gasteiger partial charge >= 0.3 is 0 Å². The van der Waals surface area contributed by atoms with Crippen molar-refractivity contribution in [1.82, 2.24) is 14.5 Å². The van der Waals surface area contributed by atoms with Crippen LogP contribution in [0.15, 0.2) is 49.1 Å². The molecule has 3 aromatic rings. The lowest BCUT2D eigenvalue weighted by molar-refractivity contribution is -0.121. The number of carbonyl (C=O) groups is 1. The quantitative estimate of drug-likeness (QED) is 0.716. The number of aromatic nitrogens is 3. The molecule has 1 aliphatic heterocycles. The van der Waals surface area contributed by atoms with Crippen LogP contribution in [0.2, 0.25) is 0 Å². The van der Waals surface area contributed by atoms with Crippen molar-refractivity contribution in [2.75, 3.05) is 4.90 Å². The molecule has 25 heavy (non-hydrogen) atoms. The molecular formula is C20H20N4O. The number of imidazole rings is 1. The molecule has 1 amide bonds. The number of hydrogen-bond donors (Lipinski definition) is 0. The third-order valence-electron chi connectivity index (χ3n) is 4.80. The molecule has 3 heterocycles. The van der Waals surface area contributed by atoms with Crippen molar-refractivity contribution in [1.29, 1.82) is 0 Å². The molecule has 0 spiro atoms. The van der Waals surface area contributed by atoms with Gasteiger partial charge in [-0.05, 0) is 57.5 Å². The summed E-state index contributed by atoms with van der Waals surface area (Å²) in [5.41, 5.74) is 5.03. The van der Waals surface area contributed by atoms with Gasteiger partial charge < -0.3 is 4.57 Å². The molecule has 0 N–H and O–H groups in total. The summed E-state index contributed by atoms with van der Waals surface area (Å²) in [7, 11) is 0. The summed E-state index contributed by atoms with van der Waals surface area (Å²) < 4.78 is 1.97. The number of fused-ring (bicyclic) bond motifs is 1. The smallest absolute Gasteiger partial charge is 0.241 e. The van der Waals surface area contributed by atoms with Crippen molar-refractivity contribution in [2.45, 2.75) is 33.1 Å². The number of amides is 1. The van der Waals surface area contributed by atoms with Crippen molar-refractivity contribution in [3.05, 3.63) is 66.0 Å². The Balaban J connectivity index is 1.89. The predicted octanol–water partition coefficient (Wildman–Crippen LogP) is 3.84. The average molecular weight is 332 g/mol. The minimum atomic E-state index is -0.566. The van der Waals surface area contributed by atoms with Crippen LogP contribution in [0.3, 0.4) is 0 Å².